The van der Waals surface area contributed by atoms with Crippen molar-refractivity contribution in [3.05, 3.63) is 55.4 Å². The monoisotopic (exact) mass is 373 g/mol. The molecule has 0 fully saturated rings. The predicted octanol–water partition coefficient (Wildman–Crippen LogP) is 3.94. The Hall–Kier alpha value is -2.25. The zero-order valence-electron chi connectivity index (χ0n) is 14.3. The van der Waals surface area contributed by atoms with Gasteiger partial charge in [0.25, 0.3) is 5.56 Å². The van der Waals surface area contributed by atoms with E-state index < -0.39 is 0 Å². The molecule has 0 saturated heterocycles. The molecule has 0 aliphatic carbocycles. The molecular weight excluding hydrogens is 354 g/mol. The first-order valence-electron chi connectivity index (χ1n) is 8.02. The van der Waals surface area contributed by atoms with Crippen LogP contribution < -0.4 is 10.9 Å². The van der Waals surface area contributed by atoms with Crippen LogP contribution in [0.3, 0.4) is 0 Å². The fourth-order valence-electron chi connectivity index (χ4n) is 2.75. The van der Waals surface area contributed by atoms with Crippen LogP contribution in [0.15, 0.2) is 29.1 Å². The molecule has 130 valence electrons. The van der Waals surface area contributed by atoms with Gasteiger partial charge in [0.15, 0.2) is 4.77 Å². The van der Waals surface area contributed by atoms with Crippen molar-refractivity contribution in [2.24, 2.45) is 0 Å². The number of aromatic amines is 1. The van der Waals surface area contributed by atoms with E-state index in [1.165, 1.54) is 15.9 Å². The molecule has 0 atom stereocenters. The van der Waals surface area contributed by atoms with E-state index in [1.807, 2.05) is 45.0 Å². The van der Waals surface area contributed by atoms with Crippen LogP contribution in [-0.4, -0.2) is 15.5 Å². The fourth-order valence-corrected chi connectivity index (χ4v) is 4.05. The maximum absolute atomic E-state index is 12.7. The first-order chi connectivity index (χ1) is 11.9. The van der Waals surface area contributed by atoms with Gasteiger partial charge < -0.3 is 10.3 Å². The Morgan fingerprint density at radius 3 is 2.64 bits per heavy atom. The normalized spacial score (nSPS) is 11.0. The number of amides is 1. The Kier molecular flexibility index (Phi) is 4.87. The molecular formula is C18H19N3O2S2. The third-order valence-electron chi connectivity index (χ3n) is 4.12. The second-order valence-electron chi connectivity index (χ2n) is 5.95. The summed E-state index contributed by atoms with van der Waals surface area (Å²) in [6.45, 7) is 5.79. The highest BCUT2D eigenvalue weighted by Crippen LogP contribution is 2.22. The SMILES string of the molecule is CCc1cc2c(=O)n(CC(=O)Nc3c(C)cccc3C)c(=S)[nH]c2s1. The van der Waals surface area contributed by atoms with Gasteiger partial charge in [0.1, 0.15) is 11.4 Å². The average molecular weight is 374 g/mol. The molecule has 25 heavy (non-hydrogen) atoms. The van der Waals surface area contributed by atoms with E-state index in [4.69, 9.17) is 12.2 Å². The molecule has 0 aliphatic heterocycles. The van der Waals surface area contributed by atoms with Crippen LogP contribution in [0.2, 0.25) is 0 Å². The Morgan fingerprint density at radius 1 is 1.32 bits per heavy atom. The molecule has 5 nitrogen and oxygen atoms in total. The number of fused-ring (bicyclic) bond motifs is 1. The van der Waals surface area contributed by atoms with Gasteiger partial charge in [-0.05, 0) is 49.7 Å². The van der Waals surface area contributed by atoms with Gasteiger partial charge in [-0.2, -0.15) is 0 Å². The van der Waals surface area contributed by atoms with Crippen LogP contribution in [0.5, 0.6) is 0 Å². The lowest BCUT2D eigenvalue weighted by molar-refractivity contribution is -0.116. The zero-order valence-corrected chi connectivity index (χ0v) is 15.9. The van der Waals surface area contributed by atoms with Gasteiger partial charge in [-0.3, -0.25) is 14.2 Å². The van der Waals surface area contributed by atoms with Crippen molar-refractivity contribution in [1.29, 1.82) is 0 Å². The third-order valence-corrected chi connectivity index (χ3v) is 5.64. The topological polar surface area (TPSA) is 66.9 Å². The molecule has 2 aromatic heterocycles. The van der Waals surface area contributed by atoms with Crippen molar-refractivity contribution >= 4 is 45.4 Å². The maximum Gasteiger partial charge on any atom is 0.263 e. The number of hydrogen-bond donors (Lipinski definition) is 2. The molecule has 0 saturated carbocycles. The molecule has 0 unspecified atom stereocenters. The maximum atomic E-state index is 12.7. The highest BCUT2D eigenvalue weighted by atomic mass is 32.1. The van der Waals surface area contributed by atoms with E-state index in [0.717, 1.165) is 32.9 Å². The summed E-state index contributed by atoms with van der Waals surface area (Å²) in [4.78, 5) is 30.1. The molecule has 0 bridgehead atoms. The van der Waals surface area contributed by atoms with E-state index in [1.54, 1.807) is 0 Å². The van der Waals surface area contributed by atoms with E-state index in [0.29, 0.717) is 5.39 Å². The van der Waals surface area contributed by atoms with Crippen molar-refractivity contribution in [2.45, 2.75) is 33.7 Å². The molecule has 2 N–H and O–H groups in total. The van der Waals surface area contributed by atoms with E-state index >= 15 is 0 Å². The van der Waals surface area contributed by atoms with Gasteiger partial charge in [-0.1, -0.05) is 25.1 Å². The number of thiophene rings is 1. The van der Waals surface area contributed by atoms with Gasteiger partial charge in [-0.15, -0.1) is 11.3 Å². The third kappa shape index (κ3) is 3.43. The molecule has 1 amide bonds. The number of carbonyl (C=O) groups excluding carboxylic acids is 1. The first kappa shape index (κ1) is 17.6. The van der Waals surface area contributed by atoms with Gasteiger partial charge >= 0.3 is 0 Å². The quantitative estimate of drug-likeness (QED) is 0.681. The number of benzene rings is 1. The van der Waals surface area contributed by atoms with Crippen LogP contribution >= 0.6 is 23.6 Å². The Morgan fingerprint density at radius 2 is 2.00 bits per heavy atom. The molecule has 7 heteroatoms. The number of anilines is 1. The van der Waals surface area contributed by atoms with Gasteiger partial charge in [0.2, 0.25) is 5.91 Å². The Labute approximate surface area is 154 Å². The number of nitrogens with zero attached hydrogens (tertiary/aromatic N) is 1. The van der Waals surface area contributed by atoms with Crippen molar-refractivity contribution in [2.75, 3.05) is 5.32 Å². The minimum absolute atomic E-state index is 0.116. The number of aromatic nitrogens is 2. The van der Waals surface area contributed by atoms with Crippen LogP contribution in [0, 0.1) is 18.6 Å². The Bertz CT molecular complexity index is 1060. The van der Waals surface area contributed by atoms with Crippen molar-refractivity contribution < 1.29 is 4.79 Å². The molecule has 2 heterocycles. The second kappa shape index (κ2) is 6.93. The van der Waals surface area contributed by atoms with Crippen molar-refractivity contribution in [1.82, 2.24) is 9.55 Å². The number of carbonyl (C=O) groups is 1. The summed E-state index contributed by atoms with van der Waals surface area (Å²) in [5.74, 6) is -0.274. The Balaban J connectivity index is 1.94. The van der Waals surface area contributed by atoms with Gasteiger partial charge in [0, 0.05) is 10.6 Å². The molecule has 1 aromatic carbocycles. The number of H-pyrrole nitrogens is 1. The van der Waals surface area contributed by atoms with Crippen LogP contribution in [0.1, 0.15) is 22.9 Å². The number of hydrogen-bond acceptors (Lipinski definition) is 4. The summed E-state index contributed by atoms with van der Waals surface area (Å²) >= 11 is 6.80. The molecule has 0 aliphatic rings. The number of aryl methyl sites for hydroxylation is 3. The molecule has 3 aromatic rings. The van der Waals surface area contributed by atoms with Crippen LogP contribution in [0.4, 0.5) is 5.69 Å². The summed E-state index contributed by atoms with van der Waals surface area (Å²) in [5.41, 5.74) is 2.50. The number of para-hydroxylation sites is 1. The lowest BCUT2D eigenvalue weighted by Crippen LogP contribution is -2.29. The minimum Gasteiger partial charge on any atom is -0.324 e. The van der Waals surface area contributed by atoms with Gasteiger partial charge in [0.05, 0.1) is 5.39 Å². The first-order valence-corrected chi connectivity index (χ1v) is 9.24. The van der Waals surface area contributed by atoms with E-state index in [2.05, 4.69) is 10.3 Å². The smallest absolute Gasteiger partial charge is 0.263 e. The standard InChI is InChI=1S/C18H19N3O2S2/c1-4-12-8-13-16(25-12)20-18(24)21(17(13)23)9-14(22)19-15-10(2)6-5-7-11(15)3/h5-8H,4,9H2,1-3H3,(H,19,22)(H,20,24). The molecule has 0 radical (unpaired) electrons. The van der Waals surface area contributed by atoms with Crippen LogP contribution in [-0.2, 0) is 17.8 Å². The van der Waals surface area contributed by atoms with Crippen molar-refractivity contribution in [3.63, 3.8) is 0 Å². The van der Waals surface area contributed by atoms with E-state index in [9.17, 15) is 9.59 Å². The highest BCUT2D eigenvalue weighted by molar-refractivity contribution is 7.71. The summed E-state index contributed by atoms with van der Waals surface area (Å²) in [5, 5.41) is 3.47. The second-order valence-corrected chi connectivity index (χ2v) is 7.47. The molecule has 3 rings (SSSR count). The largest absolute Gasteiger partial charge is 0.324 e. The summed E-state index contributed by atoms with van der Waals surface area (Å²) in [6.07, 6.45) is 0.854. The van der Waals surface area contributed by atoms with Gasteiger partial charge in [-0.25, -0.2) is 0 Å². The fraction of sp³-hybridized carbons (Fsp3) is 0.278. The zero-order chi connectivity index (χ0) is 18.1. The number of rotatable bonds is 4. The minimum atomic E-state index is -0.274. The summed E-state index contributed by atoms with van der Waals surface area (Å²) < 4.78 is 1.57. The van der Waals surface area contributed by atoms with E-state index in [-0.39, 0.29) is 22.8 Å². The average Bonchev–Trinajstić information content (AvgIpc) is 2.98. The predicted molar refractivity (Wildman–Crippen MR) is 105 cm³/mol. The summed E-state index contributed by atoms with van der Waals surface area (Å²) in [6, 6.07) is 7.68. The lowest BCUT2D eigenvalue weighted by atomic mass is 10.1. The van der Waals surface area contributed by atoms with Crippen molar-refractivity contribution in [3.8, 4) is 0 Å². The van der Waals surface area contributed by atoms with Crippen LogP contribution in [0.25, 0.3) is 10.2 Å². The highest BCUT2D eigenvalue weighted by Gasteiger charge is 2.13. The molecule has 0 spiro atoms. The summed E-state index contributed by atoms with van der Waals surface area (Å²) in [7, 11) is 0. The number of nitrogens with one attached hydrogen (secondary N) is 2. The lowest BCUT2D eigenvalue weighted by Gasteiger charge is -2.12.